The van der Waals surface area contributed by atoms with Gasteiger partial charge in [-0.2, -0.15) is 5.26 Å². The van der Waals surface area contributed by atoms with Crippen molar-refractivity contribution in [3.63, 3.8) is 0 Å². The third-order valence-corrected chi connectivity index (χ3v) is 4.25. The molecule has 2 aliphatic rings. The van der Waals surface area contributed by atoms with E-state index in [9.17, 15) is 9.18 Å². The standard InChI is InChI=1S/C15H16FN3O3/c16-13-5-10(1-2-11(13)6-17)14-8-18-3-4-19(15(20)21)7-12(18)9-22-14/h1-2,5,12,14H,3-4,7-9H2,(H,20,21)/t12-,14-/m1/s1. The Hall–Kier alpha value is -2.17. The van der Waals surface area contributed by atoms with Crippen LogP contribution in [0.15, 0.2) is 18.2 Å². The predicted octanol–water partition coefficient (Wildman–Crippen LogP) is 1.43. The number of morpholine rings is 1. The molecule has 1 aromatic carbocycles. The van der Waals surface area contributed by atoms with Crippen molar-refractivity contribution in [3.8, 4) is 6.07 Å². The Morgan fingerprint density at radius 3 is 2.91 bits per heavy atom. The number of piperazine rings is 1. The second-order valence-corrected chi connectivity index (χ2v) is 5.55. The van der Waals surface area contributed by atoms with Crippen molar-refractivity contribution < 1.29 is 19.0 Å². The van der Waals surface area contributed by atoms with E-state index in [2.05, 4.69) is 4.90 Å². The quantitative estimate of drug-likeness (QED) is 0.849. The fourth-order valence-corrected chi connectivity index (χ4v) is 2.98. The second-order valence-electron chi connectivity index (χ2n) is 5.55. The summed E-state index contributed by atoms with van der Waals surface area (Å²) in [5, 5.41) is 17.8. The molecule has 2 saturated heterocycles. The number of benzene rings is 1. The topological polar surface area (TPSA) is 76.8 Å². The van der Waals surface area contributed by atoms with Crippen LogP contribution >= 0.6 is 0 Å². The predicted molar refractivity (Wildman–Crippen MR) is 74.8 cm³/mol. The molecular weight excluding hydrogens is 289 g/mol. The van der Waals surface area contributed by atoms with Gasteiger partial charge in [0.15, 0.2) is 0 Å². The van der Waals surface area contributed by atoms with E-state index in [1.807, 2.05) is 0 Å². The highest BCUT2D eigenvalue weighted by Gasteiger charge is 2.35. The Kier molecular flexibility index (Phi) is 3.96. The summed E-state index contributed by atoms with van der Waals surface area (Å²) in [6, 6.07) is 6.36. The molecule has 2 aliphatic heterocycles. The average Bonchev–Trinajstić information content (AvgIpc) is 2.53. The molecule has 0 radical (unpaired) electrons. The van der Waals surface area contributed by atoms with Gasteiger partial charge in [-0.25, -0.2) is 9.18 Å². The highest BCUT2D eigenvalue weighted by Crippen LogP contribution is 2.27. The normalized spacial score (nSPS) is 25.4. The van der Waals surface area contributed by atoms with E-state index in [0.29, 0.717) is 38.3 Å². The van der Waals surface area contributed by atoms with Crippen LogP contribution in [0.25, 0.3) is 0 Å². The van der Waals surface area contributed by atoms with Crippen LogP contribution in [0.3, 0.4) is 0 Å². The van der Waals surface area contributed by atoms with Gasteiger partial charge in [0.2, 0.25) is 0 Å². The molecule has 22 heavy (non-hydrogen) atoms. The van der Waals surface area contributed by atoms with Crippen LogP contribution < -0.4 is 0 Å². The number of rotatable bonds is 1. The molecule has 7 heteroatoms. The van der Waals surface area contributed by atoms with Gasteiger partial charge in [0.05, 0.1) is 24.3 Å². The number of hydrogen-bond donors (Lipinski definition) is 1. The molecule has 2 atom stereocenters. The van der Waals surface area contributed by atoms with E-state index >= 15 is 0 Å². The number of fused-ring (bicyclic) bond motifs is 1. The lowest BCUT2D eigenvalue weighted by atomic mass is 10.0. The molecule has 0 spiro atoms. The first-order chi connectivity index (χ1) is 10.6. The molecule has 0 aromatic heterocycles. The van der Waals surface area contributed by atoms with Crippen molar-refractivity contribution in [2.24, 2.45) is 0 Å². The number of halogens is 1. The van der Waals surface area contributed by atoms with Crippen molar-refractivity contribution in [1.29, 1.82) is 5.26 Å². The van der Waals surface area contributed by atoms with Crippen molar-refractivity contribution in [1.82, 2.24) is 9.80 Å². The molecule has 116 valence electrons. The van der Waals surface area contributed by atoms with Gasteiger partial charge in [-0.3, -0.25) is 4.90 Å². The summed E-state index contributed by atoms with van der Waals surface area (Å²) in [7, 11) is 0. The van der Waals surface area contributed by atoms with Crippen molar-refractivity contribution >= 4 is 6.09 Å². The molecule has 0 saturated carbocycles. The molecule has 1 aromatic rings. The summed E-state index contributed by atoms with van der Waals surface area (Å²) in [4.78, 5) is 14.6. The maximum atomic E-state index is 13.7. The summed E-state index contributed by atoms with van der Waals surface area (Å²) >= 11 is 0. The maximum Gasteiger partial charge on any atom is 0.407 e. The second kappa shape index (κ2) is 5.91. The molecule has 1 N–H and O–H groups in total. The summed E-state index contributed by atoms with van der Waals surface area (Å²) in [6.07, 6.45) is -1.16. The van der Waals surface area contributed by atoms with Crippen molar-refractivity contribution in [2.45, 2.75) is 12.1 Å². The van der Waals surface area contributed by atoms with Gasteiger partial charge in [-0.05, 0) is 17.7 Å². The fraction of sp³-hybridized carbons (Fsp3) is 0.467. The van der Waals surface area contributed by atoms with Crippen LogP contribution in [0.5, 0.6) is 0 Å². The summed E-state index contributed by atoms with van der Waals surface area (Å²) in [5.74, 6) is -0.540. The van der Waals surface area contributed by atoms with Gasteiger partial charge >= 0.3 is 6.09 Å². The fourth-order valence-electron chi connectivity index (χ4n) is 2.98. The van der Waals surface area contributed by atoms with E-state index in [1.54, 1.807) is 12.1 Å². The van der Waals surface area contributed by atoms with E-state index in [1.165, 1.54) is 17.0 Å². The Labute approximate surface area is 127 Å². The number of nitriles is 1. The molecular formula is C15H16FN3O3. The Morgan fingerprint density at radius 2 is 2.23 bits per heavy atom. The highest BCUT2D eigenvalue weighted by molar-refractivity contribution is 5.65. The van der Waals surface area contributed by atoms with Crippen molar-refractivity contribution in [3.05, 3.63) is 35.1 Å². The molecule has 0 aliphatic carbocycles. The van der Waals surface area contributed by atoms with Gasteiger partial charge < -0.3 is 14.7 Å². The number of nitrogens with zero attached hydrogens (tertiary/aromatic N) is 3. The van der Waals surface area contributed by atoms with Gasteiger partial charge in [0.25, 0.3) is 0 Å². The number of carbonyl (C=O) groups is 1. The molecule has 2 heterocycles. The van der Waals surface area contributed by atoms with Gasteiger partial charge in [0, 0.05) is 26.2 Å². The zero-order chi connectivity index (χ0) is 15.7. The lowest BCUT2D eigenvalue weighted by Gasteiger charge is -2.45. The first-order valence-electron chi connectivity index (χ1n) is 7.11. The zero-order valence-corrected chi connectivity index (χ0v) is 11.9. The molecule has 0 bridgehead atoms. The van der Waals surface area contributed by atoms with Gasteiger partial charge in [-0.1, -0.05) is 6.07 Å². The molecule has 2 fully saturated rings. The average molecular weight is 305 g/mol. The van der Waals surface area contributed by atoms with E-state index < -0.39 is 11.9 Å². The Bertz CT molecular complexity index is 631. The van der Waals surface area contributed by atoms with Crippen molar-refractivity contribution in [2.75, 3.05) is 32.8 Å². The van der Waals surface area contributed by atoms with E-state index in [4.69, 9.17) is 15.1 Å². The minimum atomic E-state index is -0.907. The Morgan fingerprint density at radius 1 is 1.41 bits per heavy atom. The monoisotopic (exact) mass is 305 g/mol. The molecule has 1 amide bonds. The van der Waals surface area contributed by atoms with Gasteiger partial charge in [-0.15, -0.1) is 0 Å². The summed E-state index contributed by atoms with van der Waals surface area (Å²) in [5.41, 5.74) is 0.725. The van der Waals surface area contributed by atoms with Crippen LogP contribution in [0.2, 0.25) is 0 Å². The molecule has 6 nitrogen and oxygen atoms in total. The first kappa shape index (κ1) is 14.8. The molecule has 0 unspecified atom stereocenters. The summed E-state index contributed by atoms with van der Waals surface area (Å²) < 4.78 is 19.5. The first-order valence-corrected chi connectivity index (χ1v) is 7.11. The number of hydrogen-bond acceptors (Lipinski definition) is 4. The third kappa shape index (κ3) is 2.75. The Balaban J connectivity index is 1.69. The minimum absolute atomic E-state index is 0.0208. The summed E-state index contributed by atoms with van der Waals surface area (Å²) in [6.45, 7) is 2.57. The minimum Gasteiger partial charge on any atom is -0.465 e. The van der Waals surface area contributed by atoms with Crippen LogP contribution in [0.4, 0.5) is 9.18 Å². The number of ether oxygens (including phenoxy) is 1. The zero-order valence-electron chi connectivity index (χ0n) is 11.9. The lowest BCUT2D eigenvalue weighted by Crippen LogP contribution is -2.59. The van der Waals surface area contributed by atoms with Gasteiger partial charge in [0.1, 0.15) is 11.9 Å². The van der Waals surface area contributed by atoms with E-state index in [-0.39, 0.29) is 17.7 Å². The lowest BCUT2D eigenvalue weighted by molar-refractivity contribution is -0.0867. The largest absolute Gasteiger partial charge is 0.465 e. The van der Waals surface area contributed by atoms with Crippen LogP contribution in [-0.2, 0) is 4.74 Å². The smallest absolute Gasteiger partial charge is 0.407 e. The SMILES string of the molecule is N#Cc1ccc([C@H]2CN3CCN(C(=O)O)C[C@@H]3CO2)cc1F. The van der Waals surface area contributed by atoms with E-state index in [0.717, 1.165) is 0 Å². The highest BCUT2D eigenvalue weighted by atomic mass is 19.1. The maximum absolute atomic E-state index is 13.7. The van der Waals surface area contributed by atoms with Crippen LogP contribution in [0, 0.1) is 17.1 Å². The van der Waals surface area contributed by atoms with Crippen LogP contribution in [0.1, 0.15) is 17.2 Å². The molecule has 3 rings (SSSR count). The number of amides is 1. The van der Waals surface area contributed by atoms with Crippen LogP contribution in [-0.4, -0.2) is 59.8 Å². The number of carboxylic acid groups (broad SMARTS) is 1. The third-order valence-electron chi connectivity index (χ3n) is 4.25.